The third-order valence-electron chi connectivity index (χ3n) is 3.60. The van der Waals surface area contributed by atoms with E-state index in [1.807, 2.05) is 0 Å². The van der Waals surface area contributed by atoms with Crippen LogP contribution in [0.5, 0.6) is 0 Å². The van der Waals surface area contributed by atoms with Crippen molar-refractivity contribution in [1.29, 1.82) is 0 Å². The molecule has 1 unspecified atom stereocenters. The van der Waals surface area contributed by atoms with E-state index in [1.165, 1.54) is 0 Å². The van der Waals surface area contributed by atoms with Gasteiger partial charge in [0, 0.05) is 47.9 Å². The van der Waals surface area contributed by atoms with E-state index in [9.17, 15) is 5.11 Å². The van der Waals surface area contributed by atoms with E-state index in [2.05, 4.69) is 0 Å². The molecular weight excluding hydrogens is 212 g/mol. The Labute approximate surface area is 96.6 Å². The van der Waals surface area contributed by atoms with Gasteiger partial charge in [0.2, 0.25) is 11.6 Å². The Balaban J connectivity index is 2.99. The van der Waals surface area contributed by atoms with Crippen LogP contribution in [0.25, 0.3) is 0 Å². The fraction of sp³-hybridized carbons (Fsp3) is 1.00. The van der Waals surface area contributed by atoms with E-state index in [1.54, 1.807) is 28.4 Å². The lowest BCUT2D eigenvalue weighted by atomic mass is 9.80. The lowest BCUT2D eigenvalue weighted by Crippen LogP contribution is -2.62. The maximum atomic E-state index is 9.24. The number of hydrogen-bond donors (Lipinski definition) is 1. The highest BCUT2D eigenvalue weighted by Crippen LogP contribution is 2.45. The molecule has 0 spiro atoms. The zero-order valence-electron chi connectivity index (χ0n) is 10.5. The van der Waals surface area contributed by atoms with Crippen LogP contribution in [0.3, 0.4) is 0 Å². The van der Waals surface area contributed by atoms with Crippen molar-refractivity contribution < 1.29 is 24.1 Å². The topological polar surface area (TPSA) is 57.2 Å². The monoisotopic (exact) mass is 234 g/mol. The molecule has 1 saturated carbocycles. The third-order valence-corrected chi connectivity index (χ3v) is 3.60. The van der Waals surface area contributed by atoms with Crippen LogP contribution >= 0.6 is 0 Å². The van der Waals surface area contributed by atoms with E-state index in [0.717, 1.165) is 6.42 Å². The molecule has 16 heavy (non-hydrogen) atoms. The molecule has 0 aromatic heterocycles. The fourth-order valence-corrected chi connectivity index (χ4v) is 2.54. The number of aliphatic hydroxyl groups excluding tert-OH is 1. The van der Waals surface area contributed by atoms with Crippen molar-refractivity contribution in [2.75, 3.05) is 35.0 Å². The van der Waals surface area contributed by atoms with Crippen LogP contribution in [0.1, 0.15) is 19.3 Å². The first-order valence-corrected chi connectivity index (χ1v) is 5.45. The second-order valence-corrected chi connectivity index (χ2v) is 4.11. The first kappa shape index (κ1) is 13.9. The number of hydrogen-bond acceptors (Lipinski definition) is 5. The average Bonchev–Trinajstić information content (AvgIpc) is 2.37. The molecule has 96 valence electrons. The standard InChI is InChI=1S/C11H22O5/c1-13-10(14-2)6-5-9(8-12)7-11(10,15-3)16-4/h9,12H,5-8H2,1-4H3. The Bertz CT molecular complexity index is 210. The van der Waals surface area contributed by atoms with Crippen molar-refractivity contribution >= 4 is 0 Å². The maximum absolute atomic E-state index is 9.24. The molecule has 1 fully saturated rings. The number of ether oxygens (including phenoxy) is 4. The largest absolute Gasteiger partial charge is 0.396 e. The molecule has 5 heteroatoms. The van der Waals surface area contributed by atoms with Crippen LogP contribution in [0, 0.1) is 5.92 Å². The van der Waals surface area contributed by atoms with E-state index in [0.29, 0.717) is 12.8 Å². The molecule has 1 aliphatic rings. The van der Waals surface area contributed by atoms with Gasteiger partial charge in [0.05, 0.1) is 0 Å². The summed E-state index contributed by atoms with van der Waals surface area (Å²) in [6, 6.07) is 0. The SMILES string of the molecule is COC1(OC)CCC(CO)CC1(OC)OC. The molecule has 0 heterocycles. The summed E-state index contributed by atoms with van der Waals surface area (Å²) >= 11 is 0. The van der Waals surface area contributed by atoms with Gasteiger partial charge in [0.15, 0.2) is 0 Å². The molecule has 0 aromatic rings. The minimum atomic E-state index is -0.956. The molecule has 5 nitrogen and oxygen atoms in total. The Kier molecular flexibility index (Phi) is 4.70. The highest BCUT2D eigenvalue weighted by atomic mass is 16.8. The Hall–Kier alpha value is -0.200. The predicted molar refractivity (Wildman–Crippen MR) is 57.9 cm³/mol. The zero-order chi connectivity index (χ0) is 12.2. The minimum Gasteiger partial charge on any atom is -0.396 e. The number of aliphatic hydroxyl groups is 1. The van der Waals surface area contributed by atoms with Crippen LogP contribution in [-0.4, -0.2) is 51.7 Å². The minimum absolute atomic E-state index is 0.123. The molecule has 0 aromatic carbocycles. The van der Waals surface area contributed by atoms with Gasteiger partial charge in [-0.25, -0.2) is 0 Å². The summed E-state index contributed by atoms with van der Waals surface area (Å²) in [5, 5.41) is 9.24. The summed E-state index contributed by atoms with van der Waals surface area (Å²) in [5.74, 6) is -1.71. The molecule has 1 rings (SSSR count). The van der Waals surface area contributed by atoms with Gasteiger partial charge in [0.1, 0.15) is 0 Å². The van der Waals surface area contributed by atoms with Crippen LogP contribution in [0.4, 0.5) is 0 Å². The summed E-state index contributed by atoms with van der Waals surface area (Å²) in [6.07, 6.45) is 2.01. The van der Waals surface area contributed by atoms with Gasteiger partial charge in [-0.1, -0.05) is 0 Å². The highest BCUT2D eigenvalue weighted by Gasteiger charge is 2.58. The normalized spacial score (nSPS) is 27.9. The lowest BCUT2D eigenvalue weighted by molar-refractivity contribution is -0.405. The van der Waals surface area contributed by atoms with E-state index < -0.39 is 11.6 Å². The quantitative estimate of drug-likeness (QED) is 0.712. The molecular formula is C11H22O5. The summed E-state index contributed by atoms with van der Waals surface area (Å²) in [6.45, 7) is 0.123. The Morgan fingerprint density at radius 2 is 1.50 bits per heavy atom. The molecule has 0 bridgehead atoms. The van der Waals surface area contributed by atoms with E-state index in [-0.39, 0.29) is 12.5 Å². The smallest absolute Gasteiger partial charge is 0.223 e. The molecule has 0 radical (unpaired) electrons. The predicted octanol–water partition coefficient (Wildman–Crippen LogP) is 0.757. The zero-order valence-corrected chi connectivity index (χ0v) is 10.5. The second-order valence-electron chi connectivity index (χ2n) is 4.11. The van der Waals surface area contributed by atoms with Crippen LogP contribution in [0.15, 0.2) is 0 Å². The lowest BCUT2D eigenvalue weighted by Gasteiger charge is -2.50. The molecule has 1 aliphatic carbocycles. The van der Waals surface area contributed by atoms with Crippen molar-refractivity contribution in [3.05, 3.63) is 0 Å². The summed E-state index contributed by atoms with van der Waals surface area (Å²) in [7, 11) is 6.29. The summed E-state index contributed by atoms with van der Waals surface area (Å²) < 4.78 is 21.9. The molecule has 0 amide bonds. The fourth-order valence-electron chi connectivity index (χ4n) is 2.54. The first-order valence-electron chi connectivity index (χ1n) is 5.45. The highest BCUT2D eigenvalue weighted by molar-refractivity contribution is 4.95. The van der Waals surface area contributed by atoms with Crippen molar-refractivity contribution in [1.82, 2.24) is 0 Å². The summed E-state index contributed by atoms with van der Waals surface area (Å²) in [5.41, 5.74) is 0. The Morgan fingerprint density at radius 3 is 1.88 bits per heavy atom. The first-order chi connectivity index (χ1) is 7.63. The van der Waals surface area contributed by atoms with Gasteiger partial charge in [-0.05, 0) is 12.3 Å². The number of rotatable bonds is 5. The average molecular weight is 234 g/mol. The molecule has 1 N–H and O–H groups in total. The van der Waals surface area contributed by atoms with Gasteiger partial charge in [0.25, 0.3) is 0 Å². The van der Waals surface area contributed by atoms with Crippen LogP contribution in [0.2, 0.25) is 0 Å². The van der Waals surface area contributed by atoms with Crippen LogP contribution in [-0.2, 0) is 18.9 Å². The number of methoxy groups -OCH3 is 4. The van der Waals surface area contributed by atoms with Crippen molar-refractivity contribution in [3.63, 3.8) is 0 Å². The van der Waals surface area contributed by atoms with Gasteiger partial charge in [-0.2, -0.15) is 0 Å². The van der Waals surface area contributed by atoms with E-state index >= 15 is 0 Å². The second kappa shape index (κ2) is 5.42. The molecule has 0 saturated heterocycles. The van der Waals surface area contributed by atoms with Crippen LogP contribution < -0.4 is 0 Å². The third kappa shape index (κ3) is 1.98. The van der Waals surface area contributed by atoms with Crippen molar-refractivity contribution in [3.8, 4) is 0 Å². The Morgan fingerprint density at radius 1 is 1.00 bits per heavy atom. The molecule has 1 atom stereocenters. The van der Waals surface area contributed by atoms with Crippen molar-refractivity contribution in [2.45, 2.75) is 30.8 Å². The van der Waals surface area contributed by atoms with Gasteiger partial charge < -0.3 is 24.1 Å². The van der Waals surface area contributed by atoms with Gasteiger partial charge >= 0.3 is 0 Å². The van der Waals surface area contributed by atoms with Gasteiger partial charge in [-0.3, -0.25) is 0 Å². The van der Waals surface area contributed by atoms with Gasteiger partial charge in [-0.15, -0.1) is 0 Å². The maximum Gasteiger partial charge on any atom is 0.223 e. The summed E-state index contributed by atoms with van der Waals surface area (Å²) in [4.78, 5) is 0. The van der Waals surface area contributed by atoms with E-state index in [4.69, 9.17) is 18.9 Å². The van der Waals surface area contributed by atoms with Crippen molar-refractivity contribution in [2.24, 2.45) is 5.92 Å². The molecule has 0 aliphatic heterocycles.